The average Bonchev–Trinajstić information content (AvgIpc) is 3.67. The summed E-state index contributed by atoms with van der Waals surface area (Å²) in [5, 5.41) is 6.57. The Hall–Kier alpha value is -3.77. The van der Waals surface area contributed by atoms with Gasteiger partial charge >= 0.3 is 6.03 Å². The van der Waals surface area contributed by atoms with Gasteiger partial charge in [-0.3, -0.25) is 4.79 Å². The van der Waals surface area contributed by atoms with Crippen molar-refractivity contribution in [2.24, 2.45) is 5.73 Å². The molecule has 258 valence electrons. The van der Waals surface area contributed by atoms with E-state index in [-0.39, 0.29) is 29.3 Å². The predicted octanol–water partition coefficient (Wildman–Crippen LogP) is 4.54. The number of carbonyl (C=O) groups is 2. The van der Waals surface area contributed by atoms with Crippen LogP contribution in [0.1, 0.15) is 42.4 Å². The lowest BCUT2D eigenvalue weighted by atomic mass is 9.74. The summed E-state index contributed by atoms with van der Waals surface area (Å²) in [6, 6.07) is 26.2. The van der Waals surface area contributed by atoms with E-state index in [4.69, 9.17) is 24.7 Å². The first kappa shape index (κ1) is 35.5. The van der Waals surface area contributed by atoms with Crippen molar-refractivity contribution in [3.05, 3.63) is 95.6 Å². The number of nitrogens with one attached hydrogen (secondary N) is 2. The highest BCUT2D eigenvalue weighted by Gasteiger charge is 2.57. The van der Waals surface area contributed by atoms with Crippen molar-refractivity contribution in [2.45, 2.75) is 48.6 Å². The van der Waals surface area contributed by atoms with Gasteiger partial charge in [0.2, 0.25) is 5.91 Å². The Morgan fingerprint density at radius 1 is 0.875 bits per heavy atom. The Labute approximate surface area is 288 Å². The van der Waals surface area contributed by atoms with Crippen LogP contribution in [0.15, 0.2) is 78.9 Å². The maximum absolute atomic E-state index is 14.3. The number of hydrogen-bond donors (Lipinski definition) is 3. The summed E-state index contributed by atoms with van der Waals surface area (Å²) in [6.45, 7) is 2.93. The molecule has 10 nitrogen and oxygen atoms in total. The number of amides is 3. The van der Waals surface area contributed by atoms with Crippen LogP contribution < -0.4 is 25.8 Å². The molecule has 4 N–H and O–H groups in total. The monoisotopic (exact) mass is 676 g/mol. The maximum atomic E-state index is 14.3. The highest BCUT2D eigenvalue weighted by atomic mass is 32.2. The minimum absolute atomic E-state index is 0.0121. The number of carbonyl (C=O) groups excluding carboxylic acids is 2. The largest absolute Gasteiger partial charge is 0.497 e. The fraction of sp³-hybridized carbons (Fsp3) is 0.459. The SMILES string of the molecule is COc1ccc(C(c2ccccc2)(c2ccc(OC)cc2)N2C(=O)N[C@@H]3[C@H](CCCCC(=O)NCCOCCOCCN)SC[C@@H]32)cc1. The van der Waals surface area contributed by atoms with Crippen LogP contribution in [0.4, 0.5) is 4.79 Å². The number of methoxy groups -OCH3 is 2. The van der Waals surface area contributed by atoms with E-state index >= 15 is 0 Å². The van der Waals surface area contributed by atoms with E-state index in [1.54, 1.807) is 14.2 Å². The first-order valence-electron chi connectivity index (χ1n) is 16.7. The number of nitrogens with zero attached hydrogens (tertiary/aromatic N) is 1. The van der Waals surface area contributed by atoms with Crippen LogP contribution in [-0.2, 0) is 19.8 Å². The summed E-state index contributed by atoms with van der Waals surface area (Å²) >= 11 is 1.91. The Bertz CT molecular complexity index is 1390. The topological polar surface area (TPSA) is 124 Å². The van der Waals surface area contributed by atoms with Crippen LogP contribution in [0.3, 0.4) is 0 Å². The van der Waals surface area contributed by atoms with Crippen molar-refractivity contribution in [1.29, 1.82) is 0 Å². The van der Waals surface area contributed by atoms with Gasteiger partial charge in [0, 0.05) is 30.5 Å². The molecule has 0 bridgehead atoms. The number of fused-ring (bicyclic) bond motifs is 1. The molecule has 2 fully saturated rings. The van der Waals surface area contributed by atoms with Crippen LogP contribution in [0.25, 0.3) is 0 Å². The third-order valence-electron chi connectivity index (χ3n) is 9.05. The third kappa shape index (κ3) is 8.08. The van der Waals surface area contributed by atoms with E-state index in [1.165, 1.54) is 0 Å². The molecule has 2 aliphatic rings. The van der Waals surface area contributed by atoms with Gasteiger partial charge in [0.1, 0.15) is 17.0 Å². The lowest BCUT2D eigenvalue weighted by molar-refractivity contribution is -0.121. The van der Waals surface area contributed by atoms with Crippen molar-refractivity contribution in [2.75, 3.05) is 59.5 Å². The number of ether oxygens (including phenoxy) is 4. The van der Waals surface area contributed by atoms with Crippen LogP contribution in [0.2, 0.25) is 0 Å². The molecule has 0 unspecified atom stereocenters. The summed E-state index contributed by atoms with van der Waals surface area (Å²) in [7, 11) is 3.31. The van der Waals surface area contributed by atoms with Crippen molar-refractivity contribution in [3.63, 3.8) is 0 Å². The Morgan fingerprint density at radius 3 is 2.08 bits per heavy atom. The number of thioether (sulfide) groups is 1. The van der Waals surface area contributed by atoms with Crippen LogP contribution in [0.5, 0.6) is 11.5 Å². The predicted molar refractivity (Wildman–Crippen MR) is 189 cm³/mol. The molecule has 11 heteroatoms. The van der Waals surface area contributed by atoms with E-state index in [9.17, 15) is 9.59 Å². The van der Waals surface area contributed by atoms with Crippen molar-refractivity contribution < 1.29 is 28.5 Å². The van der Waals surface area contributed by atoms with Crippen molar-refractivity contribution >= 4 is 23.7 Å². The summed E-state index contributed by atoms with van der Waals surface area (Å²) in [5.41, 5.74) is 7.44. The Morgan fingerprint density at radius 2 is 1.48 bits per heavy atom. The van der Waals surface area contributed by atoms with E-state index in [1.807, 2.05) is 54.2 Å². The maximum Gasteiger partial charge on any atom is 0.319 e. The number of nitrogens with two attached hydrogens (primary N) is 1. The molecule has 3 aromatic rings. The minimum Gasteiger partial charge on any atom is -0.497 e. The van der Waals surface area contributed by atoms with E-state index < -0.39 is 5.54 Å². The first-order chi connectivity index (χ1) is 23.5. The molecule has 48 heavy (non-hydrogen) atoms. The summed E-state index contributed by atoms with van der Waals surface area (Å²) in [6.07, 6.45) is 3.08. The zero-order valence-corrected chi connectivity index (χ0v) is 28.7. The van der Waals surface area contributed by atoms with Gasteiger partial charge < -0.3 is 40.2 Å². The normalized spacial score (nSPS) is 18.8. The van der Waals surface area contributed by atoms with Crippen LogP contribution in [-0.4, -0.2) is 93.7 Å². The zero-order valence-electron chi connectivity index (χ0n) is 27.9. The number of urea groups is 1. The van der Waals surface area contributed by atoms with Gasteiger partial charge in [0.25, 0.3) is 0 Å². The number of benzene rings is 3. The lowest BCUT2D eigenvalue weighted by Crippen LogP contribution is -2.53. The molecule has 0 aliphatic carbocycles. The van der Waals surface area contributed by atoms with Crippen LogP contribution in [0, 0.1) is 0 Å². The molecular weight excluding hydrogens is 628 g/mol. The molecule has 0 spiro atoms. The highest BCUT2D eigenvalue weighted by Crippen LogP contribution is 2.49. The number of rotatable bonds is 19. The minimum atomic E-state index is -0.905. The summed E-state index contributed by atoms with van der Waals surface area (Å²) in [4.78, 5) is 28.7. The van der Waals surface area contributed by atoms with Gasteiger partial charge in [-0.2, -0.15) is 11.8 Å². The second-order valence-electron chi connectivity index (χ2n) is 11.9. The molecule has 0 saturated carbocycles. The van der Waals surface area contributed by atoms with E-state index in [0.717, 1.165) is 53.2 Å². The average molecular weight is 677 g/mol. The lowest BCUT2D eigenvalue weighted by Gasteiger charge is -2.45. The molecule has 3 atom stereocenters. The zero-order chi connectivity index (χ0) is 33.8. The smallest absolute Gasteiger partial charge is 0.319 e. The van der Waals surface area contributed by atoms with E-state index in [0.29, 0.717) is 45.9 Å². The van der Waals surface area contributed by atoms with Gasteiger partial charge in [-0.05, 0) is 53.8 Å². The second kappa shape index (κ2) is 17.6. The van der Waals surface area contributed by atoms with Gasteiger partial charge in [0.15, 0.2) is 0 Å². The van der Waals surface area contributed by atoms with Gasteiger partial charge in [-0.25, -0.2) is 4.79 Å². The van der Waals surface area contributed by atoms with Crippen LogP contribution >= 0.6 is 11.8 Å². The standard InChI is InChI=1S/C37H48N4O6S/c1-44-30-16-12-28(13-17-30)37(27-8-4-3-5-9-27,29-14-18-31(45-2)19-15-29)41-32-26-48-33(35(32)40-36(41)43)10-6-7-11-34(42)39-21-23-47-25-24-46-22-20-38/h3-5,8-9,12-19,32-33,35H,6-7,10-11,20-26,38H2,1-2H3,(H,39,42)(H,40,43)/t32-,33-,35-/m0/s1. The van der Waals surface area contributed by atoms with Gasteiger partial charge in [-0.1, -0.05) is 61.0 Å². The summed E-state index contributed by atoms with van der Waals surface area (Å²) < 4.78 is 21.8. The Kier molecular flexibility index (Phi) is 13.0. The quantitative estimate of drug-likeness (QED) is 0.0961. The molecule has 3 amide bonds. The molecule has 3 aromatic carbocycles. The first-order valence-corrected chi connectivity index (χ1v) is 17.8. The number of hydrogen-bond acceptors (Lipinski definition) is 8. The van der Waals surface area contributed by atoms with Gasteiger partial charge in [-0.15, -0.1) is 0 Å². The van der Waals surface area contributed by atoms with E-state index in [2.05, 4.69) is 51.9 Å². The number of unbranched alkanes of at least 4 members (excludes halogenated alkanes) is 1. The molecule has 2 aliphatic heterocycles. The molecule has 0 aromatic heterocycles. The Balaban J connectivity index is 1.28. The van der Waals surface area contributed by atoms with Crippen molar-refractivity contribution in [3.8, 4) is 11.5 Å². The molecule has 2 saturated heterocycles. The third-order valence-corrected chi connectivity index (χ3v) is 10.5. The fourth-order valence-electron chi connectivity index (χ4n) is 6.78. The van der Waals surface area contributed by atoms with Crippen molar-refractivity contribution in [1.82, 2.24) is 15.5 Å². The highest BCUT2D eigenvalue weighted by molar-refractivity contribution is 8.00. The van der Waals surface area contributed by atoms with Gasteiger partial charge in [0.05, 0.1) is 52.7 Å². The molecular formula is C37H48N4O6S. The molecule has 0 radical (unpaired) electrons. The summed E-state index contributed by atoms with van der Waals surface area (Å²) in [5.74, 6) is 2.35. The molecule has 2 heterocycles. The second-order valence-corrected chi connectivity index (χ2v) is 13.2. The fourth-order valence-corrected chi connectivity index (χ4v) is 8.37. The molecule has 5 rings (SSSR count).